The van der Waals surface area contributed by atoms with Crippen LogP contribution in [0.25, 0.3) is 0 Å². The summed E-state index contributed by atoms with van der Waals surface area (Å²) in [7, 11) is 0. The van der Waals surface area contributed by atoms with E-state index in [0.29, 0.717) is 17.1 Å². The zero-order chi connectivity index (χ0) is 19.4. The minimum Gasteiger partial charge on any atom is -0.326 e. The molecule has 0 aliphatic carbocycles. The zero-order valence-electron chi connectivity index (χ0n) is 14.7. The van der Waals surface area contributed by atoms with Crippen LogP contribution in [0.3, 0.4) is 0 Å². The number of thiazole rings is 1. The smallest absolute Gasteiger partial charge is 0.324 e. The van der Waals surface area contributed by atoms with Gasteiger partial charge >= 0.3 is 6.03 Å². The fourth-order valence-electron chi connectivity index (χ4n) is 2.79. The van der Waals surface area contributed by atoms with E-state index in [1.165, 1.54) is 23.5 Å². The number of carbonyl (C=O) groups is 3. The normalized spacial score (nSPS) is 16.5. The second kappa shape index (κ2) is 8.26. The van der Waals surface area contributed by atoms with Crippen molar-refractivity contribution in [2.24, 2.45) is 0 Å². The predicted molar refractivity (Wildman–Crippen MR) is 98.9 cm³/mol. The third-order valence-electron chi connectivity index (χ3n) is 4.15. The van der Waals surface area contributed by atoms with E-state index in [9.17, 15) is 18.8 Å². The predicted octanol–water partition coefficient (Wildman–Crippen LogP) is 2.47. The number of urea groups is 1. The molecule has 7 nitrogen and oxygen atoms in total. The van der Waals surface area contributed by atoms with E-state index in [1.807, 2.05) is 12.3 Å². The van der Waals surface area contributed by atoms with Gasteiger partial charge in [0, 0.05) is 18.3 Å². The van der Waals surface area contributed by atoms with Gasteiger partial charge in [0.15, 0.2) is 5.13 Å². The molecule has 1 aromatic carbocycles. The van der Waals surface area contributed by atoms with Gasteiger partial charge in [-0.2, -0.15) is 0 Å². The lowest BCUT2D eigenvalue weighted by atomic mass is 10.1. The van der Waals surface area contributed by atoms with Crippen molar-refractivity contribution in [3.63, 3.8) is 0 Å². The van der Waals surface area contributed by atoms with Gasteiger partial charge in [-0.3, -0.25) is 14.5 Å². The molecule has 3 rings (SSSR count). The number of amides is 4. The molecule has 4 amide bonds. The van der Waals surface area contributed by atoms with Gasteiger partial charge in [0.2, 0.25) is 5.91 Å². The number of halogens is 1. The lowest BCUT2D eigenvalue weighted by Gasteiger charge is -2.13. The standard InChI is InChI=1S/C18H19FN4O3S/c1-11-10-27-17(20-11)22-15(24)6-5-14-16(25)23(18(26)21-14)8-7-12-3-2-4-13(19)9-12/h2-4,9-10,14H,5-8H2,1H3,(H,21,26)(H,20,22,24). The average molecular weight is 390 g/mol. The maximum Gasteiger partial charge on any atom is 0.324 e. The average Bonchev–Trinajstić information content (AvgIpc) is 3.14. The minimum atomic E-state index is -0.728. The molecule has 0 spiro atoms. The Morgan fingerprint density at radius 3 is 2.93 bits per heavy atom. The summed E-state index contributed by atoms with van der Waals surface area (Å²) in [5.74, 6) is -0.983. The summed E-state index contributed by atoms with van der Waals surface area (Å²) < 4.78 is 13.2. The third kappa shape index (κ3) is 4.88. The van der Waals surface area contributed by atoms with Crippen molar-refractivity contribution in [1.82, 2.24) is 15.2 Å². The second-order valence-corrected chi connectivity index (χ2v) is 7.11. The largest absolute Gasteiger partial charge is 0.326 e. The summed E-state index contributed by atoms with van der Waals surface area (Å²) in [6, 6.07) is 4.82. The lowest BCUT2D eigenvalue weighted by molar-refractivity contribution is -0.127. The molecule has 27 heavy (non-hydrogen) atoms. The van der Waals surface area contributed by atoms with Gasteiger partial charge in [0.25, 0.3) is 5.91 Å². The monoisotopic (exact) mass is 390 g/mol. The molecule has 0 radical (unpaired) electrons. The van der Waals surface area contributed by atoms with Gasteiger partial charge in [-0.25, -0.2) is 14.2 Å². The molecule has 1 atom stereocenters. The Kier molecular flexibility index (Phi) is 5.80. The number of rotatable bonds is 7. The van der Waals surface area contributed by atoms with E-state index in [4.69, 9.17) is 0 Å². The Bertz CT molecular complexity index is 870. The second-order valence-electron chi connectivity index (χ2n) is 6.25. The lowest BCUT2D eigenvalue weighted by Crippen LogP contribution is -2.33. The number of hydrogen-bond donors (Lipinski definition) is 2. The van der Waals surface area contributed by atoms with E-state index in [2.05, 4.69) is 15.6 Å². The first kappa shape index (κ1) is 19.0. The highest BCUT2D eigenvalue weighted by molar-refractivity contribution is 7.13. The molecule has 1 fully saturated rings. The van der Waals surface area contributed by atoms with E-state index in [0.717, 1.165) is 10.6 Å². The highest BCUT2D eigenvalue weighted by Gasteiger charge is 2.37. The van der Waals surface area contributed by atoms with Gasteiger partial charge < -0.3 is 10.6 Å². The summed E-state index contributed by atoms with van der Waals surface area (Å²) in [5.41, 5.74) is 1.53. The Hall–Kier alpha value is -2.81. The van der Waals surface area contributed by atoms with Crippen molar-refractivity contribution in [3.8, 4) is 0 Å². The van der Waals surface area contributed by atoms with Crippen LogP contribution in [0.1, 0.15) is 24.1 Å². The number of imide groups is 1. The maximum atomic E-state index is 13.2. The molecule has 2 N–H and O–H groups in total. The van der Waals surface area contributed by atoms with Crippen LogP contribution >= 0.6 is 11.3 Å². The molecule has 1 aliphatic rings. The number of carbonyl (C=O) groups excluding carboxylic acids is 3. The molecule has 2 heterocycles. The Morgan fingerprint density at radius 1 is 1.41 bits per heavy atom. The molecular weight excluding hydrogens is 371 g/mol. The Morgan fingerprint density at radius 2 is 2.22 bits per heavy atom. The zero-order valence-corrected chi connectivity index (χ0v) is 15.5. The number of aromatic nitrogens is 1. The van der Waals surface area contributed by atoms with E-state index in [-0.39, 0.29) is 37.0 Å². The summed E-state index contributed by atoms with van der Waals surface area (Å²) in [4.78, 5) is 41.7. The van der Waals surface area contributed by atoms with E-state index >= 15 is 0 Å². The van der Waals surface area contributed by atoms with Crippen molar-refractivity contribution in [2.45, 2.75) is 32.2 Å². The van der Waals surface area contributed by atoms with Crippen molar-refractivity contribution in [3.05, 3.63) is 46.7 Å². The van der Waals surface area contributed by atoms with Crippen molar-refractivity contribution in [2.75, 3.05) is 11.9 Å². The van der Waals surface area contributed by atoms with Crippen LogP contribution < -0.4 is 10.6 Å². The molecule has 2 aromatic rings. The van der Waals surface area contributed by atoms with E-state index < -0.39 is 12.1 Å². The molecule has 9 heteroatoms. The highest BCUT2D eigenvalue weighted by atomic mass is 32.1. The topological polar surface area (TPSA) is 91.4 Å². The summed E-state index contributed by atoms with van der Waals surface area (Å²) in [6.45, 7) is 1.99. The van der Waals surface area contributed by atoms with Gasteiger partial charge in [-0.1, -0.05) is 12.1 Å². The Balaban J connectivity index is 1.49. The van der Waals surface area contributed by atoms with Crippen LogP contribution in [0.5, 0.6) is 0 Å². The number of nitrogens with one attached hydrogen (secondary N) is 2. The highest BCUT2D eigenvalue weighted by Crippen LogP contribution is 2.16. The fraction of sp³-hybridized carbons (Fsp3) is 0.333. The van der Waals surface area contributed by atoms with Crippen LogP contribution in [0.15, 0.2) is 29.6 Å². The number of anilines is 1. The molecule has 1 saturated heterocycles. The van der Waals surface area contributed by atoms with Gasteiger partial charge in [0.05, 0.1) is 5.69 Å². The molecule has 1 aliphatic heterocycles. The minimum absolute atomic E-state index is 0.0903. The maximum absolute atomic E-state index is 13.2. The van der Waals surface area contributed by atoms with Gasteiger partial charge in [-0.15, -0.1) is 11.3 Å². The molecule has 0 bridgehead atoms. The first-order valence-corrected chi connectivity index (χ1v) is 9.38. The van der Waals surface area contributed by atoms with Crippen molar-refractivity contribution < 1.29 is 18.8 Å². The summed E-state index contributed by atoms with van der Waals surface area (Å²) in [5, 5.41) is 7.60. The first-order valence-electron chi connectivity index (χ1n) is 8.50. The van der Waals surface area contributed by atoms with Gasteiger partial charge in [0.1, 0.15) is 11.9 Å². The molecular formula is C18H19FN4O3S. The van der Waals surface area contributed by atoms with Gasteiger partial charge in [-0.05, 0) is 37.5 Å². The van der Waals surface area contributed by atoms with Crippen LogP contribution in [-0.4, -0.2) is 40.3 Å². The fourth-order valence-corrected chi connectivity index (χ4v) is 3.49. The molecule has 0 saturated carbocycles. The molecule has 142 valence electrons. The number of aryl methyl sites for hydroxylation is 1. The van der Waals surface area contributed by atoms with Crippen molar-refractivity contribution in [1.29, 1.82) is 0 Å². The number of nitrogens with zero attached hydrogens (tertiary/aromatic N) is 2. The first-order chi connectivity index (χ1) is 12.9. The summed E-state index contributed by atoms with van der Waals surface area (Å²) >= 11 is 1.33. The molecule has 1 aromatic heterocycles. The number of hydrogen-bond acceptors (Lipinski definition) is 5. The Labute approximate surface area is 159 Å². The van der Waals surface area contributed by atoms with Crippen LogP contribution in [0.2, 0.25) is 0 Å². The van der Waals surface area contributed by atoms with E-state index in [1.54, 1.807) is 12.1 Å². The van der Waals surface area contributed by atoms with Crippen molar-refractivity contribution >= 4 is 34.3 Å². The van der Waals surface area contributed by atoms with Crippen LogP contribution in [0, 0.1) is 12.7 Å². The SMILES string of the molecule is Cc1csc(NC(=O)CCC2NC(=O)N(CCc3cccc(F)c3)C2=O)n1. The summed E-state index contributed by atoms with van der Waals surface area (Å²) in [6.07, 6.45) is 0.664. The molecule has 1 unspecified atom stereocenters. The number of benzene rings is 1. The quantitative estimate of drug-likeness (QED) is 0.711. The third-order valence-corrected chi connectivity index (χ3v) is 5.02. The van der Waals surface area contributed by atoms with Crippen LogP contribution in [0.4, 0.5) is 14.3 Å². The van der Waals surface area contributed by atoms with Crippen LogP contribution in [-0.2, 0) is 16.0 Å².